The molecule has 2 aliphatic rings. The lowest BCUT2D eigenvalue weighted by atomic mass is 9.76. The number of aryl methyl sites for hydroxylation is 1. The number of benzene rings is 1. The molecule has 2 saturated heterocycles. The van der Waals surface area contributed by atoms with Gasteiger partial charge in [-0.25, -0.2) is 9.97 Å². The summed E-state index contributed by atoms with van der Waals surface area (Å²) in [5, 5.41) is 0. The van der Waals surface area contributed by atoms with E-state index in [9.17, 15) is 4.79 Å². The highest BCUT2D eigenvalue weighted by atomic mass is 16.5. The number of ether oxygens (including phenoxy) is 1. The van der Waals surface area contributed by atoms with Crippen molar-refractivity contribution in [2.75, 3.05) is 32.8 Å². The molecule has 228 valence electrons. The van der Waals surface area contributed by atoms with Crippen LogP contribution < -0.4 is 0 Å². The van der Waals surface area contributed by atoms with Crippen molar-refractivity contribution in [3.05, 3.63) is 71.8 Å². The molecule has 4 heterocycles. The molecule has 0 saturated carbocycles. The molecule has 1 aromatic carbocycles. The second-order valence-corrected chi connectivity index (χ2v) is 13.7. The van der Waals surface area contributed by atoms with Crippen molar-refractivity contribution >= 4 is 5.97 Å². The minimum atomic E-state index is -0.166. The van der Waals surface area contributed by atoms with Gasteiger partial charge < -0.3 is 19.2 Å². The summed E-state index contributed by atoms with van der Waals surface area (Å²) < 4.78 is 7.63. The lowest BCUT2D eigenvalue weighted by molar-refractivity contribution is -0.148. The average molecular weight is 576 g/mol. The number of aromatic nitrogens is 4. The number of piperidine rings is 1. The van der Waals surface area contributed by atoms with E-state index in [0.29, 0.717) is 18.6 Å². The van der Waals surface area contributed by atoms with Crippen LogP contribution in [0.3, 0.4) is 0 Å². The molecule has 2 aromatic heterocycles. The van der Waals surface area contributed by atoms with Crippen molar-refractivity contribution in [1.29, 1.82) is 0 Å². The molecule has 9 heteroatoms. The van der Waals surface area contributed by atoms with Gasteiger partial charge in [-0.05, 0) is 61.2 Å². The Labute approximate surface area is 251 Å². The zero-order chi connectivity index (χ0) is 29.7. The summed E-state index contributed by atoms with van der Waals surface area (Å²) in [6, 6.07) is 8.72. The van der Waals surface area contributed by atoms with Crippen LogP contribution >= 0.6 is 0 Å². The average Bonchev–Trinajstić information content (AvgIpc) is 3.68. The minimum absolute atomic E-state index is 0.0639. The van der Waals surface area contributed by atoms with Crippen molar-refractivity contribution in [2.45, 2.75) is 79.2 Å². The van der Waals surface area contributed by atoms with Crippen molar-refractivity contribution in [1.82, 2.24) is 34.2 Å². The molecule has 42 heavy (non-hydrogen) atoms. The van der Waals surface area contributed by atoms with Crippen molar-refractivity contribution in [3.63, 3.8) is 0 Å². The van der Waals surface area contributed by atoms with Gasteiger partial charge in [-0.2, -0.15) is 0 Å². The molecule has 2 fully saturated rings. The largest absolute Gasteiger partial charge is 0.465 e. The van der Waals surface area contributed by atoms with Crippen LogP contribution in [-0.2, 0) is 42.8 Å². The number of hydrogen-bond donors (Lipinski definition) is 1. The molecule has 1 spiro atoms. The van der Waals surface area contributed by atoms with Crippen LogP contribution in [0.1, 0.15) is 69.7 Å². The Kier molecular flexibility index (Phi) is 9.50. The van der Waals surface area contributed by atoms with Crippen LogP contribution in [0.4, 0.5) is 0 Å². The number of imidazole rings is 2. The number of rotatable bonds is 11. The highest BCUT2D eigenvalue weighted by Crippen LogP contribution is 2.44. The van der Waals surface area contributed by atoms with E-state index in [2.05, 4.69) is 79.3 Å². The quantitative estimate of drug-likeness (QED) is 0.335. The first-order chi connectivity index (χ1) is 20.1. The van der Waals surface area contributed by atoms with E-state index in [0.717, 1.165) is 76.7 Å². The van der Waals surface area contributed by atoms with E-state index >= 15 is 0 Å². The molecule has 0 aliphatic carbocycles. The molecule has 1 unspecified atom stereocenters. The Bertz CT molecular complexity index is 1270. The molecule has 3 aromatic rings. The Morgan fingerprint density at radius 2 is 1.81 bits per heavy atom. The smallest absolute Gasteiger partial charge is 0.323 e. The summed E-state index contributed by atoms with van der Waals surface area (Å²) in [4.78, 5) is 32.6. The summed E-state index contributed by atoms with van der Waals surface area (Å²) >= 11 is 0. The van der Waals surface area contributed by atoms with E-state index in [1.165, 1.54) is 11.1 Å². The Balaban J connectivity index is 1.24. The van der Waals surface area contributed by atoms with Gasteiger partial charge >= 0.3 is 5.97 Å². The van der Waals surface area contributed by atoms with E-state index in [1.807, 2.05) is 32.6 Å². The summed E-state index contributed by atoms with van der Waals surface area (Å²) in [6.07, 6.45) is 10.7. The maximum Gasteiger partial charge on any atom is 0.323 e. The second kappa shape index (κ2) is 13.1. The highest BCUT2D eigenvalue weighted by molar-refractivity contribution is 5.76. The highest BCUT2D eigenvalue weighted by Gasteiger charge is 2.48. The standard InChI is InChI=1S/C33H49N7O2/c1-6-42-31(41)28-19-33(11-16-38(17-12-33)24-32(2,3)4)25-40(28)21-27-9-7-26(8-10-27)20-39(22-29-34-13-14-35-29)23-30-36-15-18-37(30)5/h7-10,13-15,18,28H,6,11-12,16-17,19-25H2,1-5H3,(H,34,35). The van der Waals surface area contributed by atoms with E-state index in [-0.39, 0.29) is 17.4 Å². The van der Waals surface area contributed by atoms with Gasteiger partial charge in [-0.1, -0.05) is 45.0 Å². The van der Waals surface area contributed by atoms with Crippen LogP contribution in [0.15, 0.2) is 49.1 Å². The predicted molar refractivity (Wildman–Crippen MR) is 164 cm³/mol. The topological polar surface area (TPSA) is 82.5 Å². The number of carbonyl (C=O) groups excluding carboxylic acids is 1. The molecular weight excluding hydrogens is 526 g/mol. The molecular formula is C33H49N7O2. The molecule has 2 aliphatic heterocycles. The van der Waals surface area contributed by atoms with Crippen molar-refractivity contribution in [3.8, 4) is 0 Å². The fourth-order valence-corrected chi connectivity index (χ4v) is 6.76. The molecule has 1 atom stereocenters. The number of esters is 1. The van der Waals surface area contributed by atoms with Crippen molar-refractivity contribution in [2.24, 2.45) is 17.9 Å². The van der Waals surface area contributed by atoms with Crippen LogP contribution in [0, 0.1) is 10.8 Å². The van der Waals surface area contributed by atoms with Gasteiger partial charge in [0.05, 0.1) is 19.7 Å². The van der Waals surface area contributed by atoms with Crippen LogP contribution in [0.25, 0.3) is 0 Å². The summed E-state index contributed by atoms with van der Waals surface area (Å²) in [7, 11) is 2.03. The van der Waals surface area contributed by atoms with Crippen LogP contribution in [0.5, 0.6) is 0 Å². The predicted octanol–water partition coefficient (Wildman–Crippen LogP) is 4.61. The third-order valence-corrected chi connectivity index (χ3v) is 8.81. The Morgan fingerprint density at radius 3 is 2.43 bits per heavy atom. The van der Waals surface area contributed by atoms with Gasteiger partial charge in [0.25, 0.3) is 0 Å². The minimum Gasteiger partial charge on any atom is -0.465 e. The van der Waals surface area contributed by atoms with Gasteiger partial charge in [0.2, 0.25) is 0 Å². The third kappa shape index (κ3) is 7.88. The molecule has 1 N–H and O–H groups in total. The Morgan fingerprint density at radius 1 is 1.07 bits per heavy atom. The maximum atomic E-state index is 13.1. The Hall–Kier alpha value is -3.01. The molecule has 9 nitrogen and oxygen atoms in total. The van der Waals surface area contributed by atoms with Crippen molar-refractivity contribution < 1.29 is 9.53 Å². The van der Waals surface area contributed by atoms with Crippen LogP contribution in [0.2, 0.25) is 0 Å². The fraction of sp³-hybridized carbons (Fsp3) is 0.606. The lowest BCUT2D eigenvalue weighted by Crippen LogP contribution is -2.44. The zero-order valence-corrected chi connectivity index (χ0v) is 26.2. The van der Waals surface area contributed by atoms with Gasteiger partial charge in [-0.15, -0.1) is 0 Å². The summed E-state index contributed by atoms with van der Waals surface area (Å²) in [5.41, 5.74) is 2.98. The maximum absolute atomic E-state index is 13.1. The number of aromatic amines is 1. The number of carbonyl (C=O) groups is 1. The molecule has 0 amide bonds. The molecule has 5 rings (SSSR count). The van der Waals surface area contributed by atoms with Gasteiger partial charge in [0.1, 0.15) is 17.7 Å². The van der Waals surface area contributed by atoms with Crippen LogP contribution in [-0.4, -0.2) is 79.0 Å². The fourth-order valence-electron chi connectivity index (χ4n) is 6.76. The van der Waals surface area contributed by atoms with Gasteiger partial charge in [0.15, 0.2) is 0 Å². The normalized spacial score (nSPS) is 19.6. The van der Waals surface area contributed by atoms with Gasteiger partial charge in [-0.3, -0.25) is 14.6 Å². The molecule has 0 bridgehead atoms. The third-order valence-electron chi connectivity index (χ3n) is 8.81. The van der Waals surface area contributed by atoms with E-state index < -0.39 is 0 Å². The van der Waals surface area contributed by atoms with E-state index in [4.69, 9.17) is 4.74 Å². The van der Waals surface area contributed by atoms with E-state index in [1.54, 1.807) is 6.20 Å². The number of likely N-dealkylation sites (tertiary alicyclic amines) is 2. The summed E-state index contributed by atoms with van der Waals surface area (Å²) in [5.74, 6) is 1.90. The monoisotopic (exact) mass is 575 g/mol. The first-order valence-electron chi connectivity index (χ1n) is 15.5. The number of hydrogen-bond acceptors (Lipinski definition) is 7. The zero-order valence-electron chi connectivity index (χ0n) is 26.2. The second-order valence-electron chi connectivity index (χ2n) is 13.7. The molecule has 0 radical (unpaired) electrons. The number of nitrogens with one attached hydrogen (secondary N) is 1. The first kappa shape index (κ1) is 30.4. The summed E-state index contributed by atoms with van der Waals surface area (Å²) in [6.45, 7) is 16.6. The lowest BCUT2D eigenvalue weighted by Gasteiger charge is -2.41. The number of nitrogens with zero attached hydrogens (tertiary/aromatic N) is 6. The van der Waals surface area contributed by atoms with Gasteiger partial charge in [0, 0.05) is 58.0 Å². The number of H-pyrrole nitrogens is 1. The SMILES string of the molecule is CCOC(=O)C1CC2(CCN(CC(C)(C)C)CC2)CN1Cc1ccc(CN(Cc2ncc[nH]2)Cc2nccn2C)cc1. The first-order valence-corrected chi connectivity index (χ1v) is 15.5.